The largest absolute Gasteiger partial charge is 0.495 e. The molecule has 162 valence electrons. The van der Waals surface area contributed by atoms with Gasteiger partial charge in [0.1, 0.15) is 11.6 Å². The zero-order chi connectivity index (χ0) is 22.0. The fourth-order valence-electron chi connectivity index (χ4n) is 4.41. The van der Waals surface area contributed by atoms with Gasteiger partial charge in [-0.1, -0.05) is 48.0 Å². The molecule has 0 saturated carbocycles. The summed E-state index contributed by atoms with van der Waals surface area (Å²) in [7, 11) is 3.64. The first-order chi connectivity index (χ1) is 14.9. The van der Waals surface area contributed by atoms with Crippen LogP contribution in [0.25, 0.3) is 10.8 Å². The van der Waals surface area contributed by atoms with E-state index in [1.807, 2.05) is 36.4 Å². The molecule has 1 aliphatic rings. The van der Waals surface area contributed by atoms with Crippen LogP contribution in [0.2, 0.25) is 5.02 Å². The lowest BCUT2D eigenvalue weighted by atomic mass is 9.72. The summed E-state index contributed by atoms with van der Waals surface area (Å²) in [5.74, 6) is 0.0419. The van der Waals surface area contributed by atoms with Gasteiger partial charge >= 0.3 is 0 Å². The molecule has 1 heterocycles. The summed E-state index contributed by atoms with van der Waals surface area (Å²) in [6, 6.07) is 15.9. The van der Waals surface area contributed by atoms with Crippen LogP contribution in [-0.2, 0) is 5.41 Å². The fraction of sp³-hybridized carbons (Fsp3) is 0.320. The number of halogens is 2. The second-order valence-electron chi connectivity index (χ2n) is 8.26. The zero-order valence-corrected chi connectivity index (χ0v) is 18.5. The van der Waals surface area contributed by atoms with Gasteiger partial charge in [-0.05, 0) is 62.1 Å². The minimum atomic E-state index is -0.254. The van der Waals surface area contributed by atoms with E-state index in [0.717, 1.165) is 42.3 Å². The molecule has 1 N–H and O–H groups in total. The number of hydrogen-bond acceptors (Lipinski definition) is 3. The highest BCUT2D eigenvalue weighted by molar-refractivity contribution is 6.37. The SMILES string of the molecule is COc1cc(C(=O)NCC2(c3ccc(F)cc3)CCN(C)CC2)c2ccccc2c1Cl. The highest BCUT2D eigenvalue weighted by Crippen LogP contribution is 2.37. The quantitative estimate of drug-likeness (QED) is 0.604. The molecule has 3 aromatic rings. The number of carbonyl (C=O) groups is 1. The zero-order valence-electron chi connectivity index (χ0n) is 17.8. The molecule has 1 saturated heterocycles. The molecule has 3 aromatic carbocycles. The molecule has 31 heavy (non-hydrogen) atoms. The van der Waals surface area contributed by atoms with Crippen LogP contribution in [0.3, 0.4) is 0 Å². The van der Waals surface area contributed by atoms with E-state index in [4.69, 9.17) is 16.3 Å². The van der Waals surface area contributed by atoms with Crippen molar-refractivity contribution in [2.75, 3.05) is 33.8 Å². The molecule has 0 unspecified atom stereocenters. The number of nitrogens with one attached hydrogen (secondary N) is 1. The average Bonchev–Trinajstić information content (AvgIpc) is 2.80. The smallest absolute Gasteiger partial charge is 0.252 e. The van der Waals surface area contributed by atoms with Gasteiger partial charge in [0.2, 0.25) is 0 Å². The summed E-state index contributed by atoms with van der Waals surface area (Å²) in [4.78, 5) is 15.6. The summed E-state index contributed by atoms with van der Waals surface area (Å²) in [6.07, 6.45) is 1.78. The lowest BCUT2D eigenvalue weighted by Crippen LogP contribution is -2.48. The van der Waals surface area contributed by atoms with E-state index in [9.17, 15) is 9.18 Å². The lowest BCUT2D eigenvalue weighted by molar-refractivity contribution is 0.0929. The van der Waals surface area contributed by atoms with Crippen molar-refractivity contribution in [3.05, 3.63) is 76.6 Å². The Balaban J connectivity index is 1.65. The normalized spacial score (nSPS) is 16.3. The van der Waals surface area contributed by atoms with Crippen LogP contribution in [0.5, 0.6) is 5.75 Å². The number of benzene rings is 3. The maximum absolute atomic E-state index is 13.5. The highest BCUT2D eigenvalue weighted by atomic mass is 35.5. The maximum atomic E-state index is 13.5. The third-order valence-corrected chi connectivity index (χ3v) is 6.79. The number of ether oxygens (including phenoxy) is 1. The van der Waals surface area contributed by atoms with E-state index in [-0.39, 0.29) is 17.1 Å². The number of rotatable bonds is 5. The van der Waals surface area contributed by atoms with Crippen LogP contribution in [0.15, 0.2) is 54.6 Å². The number of amides is 1. The number of methoxy groups -OCH3 is 1. The van der Waals surface area contributed by atoms with Crippen LogP contribution >= 0.6 is 11.6 Å². The molecule has 1 aliphatic heterocycles. The van der Waals surface area contributed by atoms with E-state index in [1.165, 1.54) is 12.1 Å². The Bertz CT molecular complexity index is 1090. The van der Waals surface area contributed by atoms with Gasteiger partial charge in [0, 0.05) is 17.3 Å². The van der Waals surface area contributed by atoms with Crippen molar-refractivity contribution in [2.24, 2.45) is 0 Å². The Morgan fingerprint density at radius 1 is 1.13 bits per heavy atom. The molecule has 1 amide bonds. The van der Waals surface area contributed by atoms with Gasteiger partial charge in [-0.15, -0.1) is 0 Å². The van der Waals surface area contributed by atoms with E-state index in [0.29, 0.717) is 22.9 Å². The molecular formula is C25H26ClFN2O2. The second-order valence-corrected chi connectivity index (χ2v) is 8.64. The molecular weight excluding hydrogens is 415 g/mol. The Kier molecular flexibility index (Phi) is 6.17. The van der Waals surface area contributed by atoms with Crippen molar-refractivity contribution in [2.45, 2.75) is 18.3 Å². The van der Waals surface area contributed by atoms with Crippen molar-refractivity contribution in [1.29, 1.82) is 0 Å². The van der Waals surface area contributed by atoms with Gasteiger partial charge in [0.25, 0.3) is 5.91 Å². The monoisotopic (exact) mass is 440 g/mol. The fourth-order valence-corrected chi connectivity index (χ4v) is 4.71. The predicted octanol–water partition coefficient (Wildman–Crippen LogP) is 5.03. The Morgan fingerprint density at radius 3 is 2.42 bits per heavy atom. The van der Waals surface area contributed by atoms with Gasteiger partial charge in [0.15, 0.2) is 0 Å². The molecule has 0 aliphatic carbocycles. The minimum Gasteiger partial charge on any atom is -0.495 e. The summed E-state index contributed by atoms with van der Waals surface area (Å²) in [6.45, 7) is 2.32. The summed E-state index contributed by atoms with van der Waals surface area (Å²) < 4.78 is 18.9. The average molecular weight is 441 g/mol. The summed E-state index contributed by atoms with van der Waals surface area (Å²) in [5.41, 5.74) is 1.35. The van der Waals surface area contributed by atoms with E-state index < -0.39 is 0 Å². The number of likely N-dealkylation sites (tertiary alicyclic amines) is 1. The molecule has 0 spiro atoms. The standard InChI is InChI=1S/C25H26ClFN2O2/c1-29-13-11-25(12-14-29,17-7-9-18(27)10-8-17)16-28-24(30)21-15-22(31-2)23(26)20-6-4-3-5-19(20)21/h3-10,15H,11-14,16H2,1-2H3,(H,28,30). The molecule has 6 heteroatoms. The van der Waals surface area contributed by atoms with Crippen LogP contribution in [-0.4, -0.2) is 44.6 Å². The van der Waals surface area contributed by atoms with Gasteiger partial charge < -0.3 is 15.0 Å². The van der Waals surface area contributed by atoms with E-state index in [1.54, 1.807) is 13.2 Å². The molecule has 4 rings (SSSR count). The highest BCUT2D eigenvalue weighted by Gasteiger charge is 2.36. The number of piperidine rings is 1. The van der Waals surface area contributed by atoms with Crippen molar-refractivity contribution in [3.63, 3.8) is 0 Å². The second kappa shape index (κ2) is 8.85. The first-order valence-electron chi connectivity index (χ1n) is 10.4. The number of hydrogen-bond donors (Lipinski definition) is 1. The van der Waals surface area contributed by atoms with Crippen molar-refractivity contribution in [1.82, 2.24) is 10.2 Å². The van der Waals surface area contributed by atoms with Crippen LogP contribution in [0, 0.1) is 5.82 Å². The number of carbonyl (C=O) groups excluding carboxylic acids is 1. The van der Waals surface area contributed by atoms with Gasteiger partial charge in [-0.2, -0.15) is 0 Å². The molecule has 0 radical (unpaired) electrons. The Labute approximate surface area is 187 Å². The van der Waals surface area contributed by atoms with Crippen molar-refractivity contribution in [3.8, 4) is 5.75 Å². The van der Waals surface area contributed by atoms with Crippen molar-refractivity contribution < 1.29 is 13.9 Å². The van der Waals surface area contributed by atoms with Crippen LogP contribution < -0.4 is 10.1 Å². The summed E-state index contributed by atoms with van der Waals surface area (Å²) in [5, 5.41) is 5.21. The minimum absolute atomic E-state index is 0.174. The summed E-state index contributed by atoms with van der Waals surface area (Å²) >= 11 is 6.45. The van der Waals surface area contributed by atoms with Crippen LogP contribution in [0.1, 0.15) is 28.8 Å². The maximum Gasteiger partial charge on any atom is 0.252 e. The predicted molar refractivity (Wildman–Crippen MR) is 123 cm³/mol. The third kappa shape index (κ3) is 4.25. The molecule has 4 nitrogen and oxygen atoms in total. The van der Waals surface area contributed by atoms with Gasteiger partial charge in [-0.25, -0.2) is 4.39 Å². The molecule has 0 aromatic heterocycles. The Morgan fingerprint density at radius 2 is 1.77 bits per heavy atom. The molecule has 0 bridgehead atoms. The van der Waals surface area contributed by atoms with E-state index >= 15 is 0 Å². The first kappa shape index (κ1) is 21.6. The van der Waals surface area contributed by atoms with Crippen LogP contribution in [0.4, 0.5) is 4.39 Å². The molecule has 0 atom stereocenters. The topological polar surface area (TPSA) is 41.6 Å². The number of nitrogens with zero attached hydrogens (tertiary/aromatic N) is 1. The van der Waals surface area contributed by atoms with Crippen molar-refractivity contribution >= 4 is 28.3 Å². The Hall–Kier alpha value is -2.63. The molecule has 1 fully saturated rings. The van der Waals surface area contributed by atoms with E-state index in [2.05, 4.69) is 17.3 Å². The van der Waals surface area contributed by atoms with Gasteiger partial charge in [-0.3, -0.25) is 4.79 Å². The first-order valence-corrected chi connectivity index (χ1v) is 10.8. The van der Waals surface area contributed by atoms with Gasteiger partial charge in [0.05, 0.1) is 17.7 Å². The third-order valence-electron chi connectivity index (χ3n) is 6.40. The lowest BCUT2D eigenvalue weighted by Gasteiger charge is -2.41. The number of fused-ring (bicyclic) bond motifs is 1.